The first kappa shape index (κ1) is 13.6. The molecule has 0 aromatic carbocycles. The van der Waals surface area contributed by atoms with Gasteiger partial charge in [-0.2, -0.15) is 0 Å². The van der Waals surface area contributed by atoms with Gasteiger partial charge in [0.05, 0.1) is 12.3 Å². The summed E-state index contributed by atoms with van der Waals surface area (Å²) < 4.78 is 5.57. The molecule has 1 aromatic heterocycles. The van der Waals surface area contributed by atoms with E-state index >= 15 is 0 Å². The van der Waals surface area contributed by atoms with Gasteiger partial charge in [-0.05, 0) is 44.9 Å². The van der Waals surface area contributed by atoms with Crippen molar-refractivity contribution in [1.29, 1.82) is 0 Å². The zero-order valence-corrected chi connectivity index (χ0v) is 11.8. The van der Waals surface area contributed by atoms with Gasteiger partial charge in [0, 0.05) is 12.1 Å². The fourth-order valence-electron chi connectivity index (χ4n) is 3.29. The molecule has 0 radical (unpaired) electrons. The lowest BCUT2D eigenvalue weighted by Gasteiger charge is -2.39. The predicted octanol–water partition coefficient (Wildman–Crippen LogP) is 3.18. The largest absolute Gasteiger partial charge is 0.468 e. The standard InChI is InChI=1S/C15H26N2O/c1-11-6-4-7-13(10-11)17(3)15(12(2)16)14-8-5-9-18-14/h5,8-9,11-13,15H,4,6-7,10,16H2,1-3H3. The summed E-state index contributed by atoms with van der Waals surface area (Å²) in [5.74, 6) is 1.82. The fraction of sp³-hybridized carbons (Fsp3) is 0.733. The van der Waals surface area contributed by atoms with E-state index in [-0.39, 0.29) is 12.1 Å². The van der Waals surface area contributed by atoms with Crippen LogP contribution in [-0.2, 0) is 0 Å². The second-order valence-electron chi connectivity index (χ2n) is 5.91. The molecule has 2 N–H and O–H groups in total. The average Bonchev–Trinajstić information content (AvgIpc) is 2.82. The van der Waals surface area contributed by atoms with Crippen LogP contribution >= 0.6 is 0 Å². The third kappa shape index (κ3) is 2.96. The van der Waals surface area contributed by atoms with E-state index in [1.807, 2.05) is 12.1 Å². The maximum absolute atomic E-state index is 6.17. The lowest BCUT2D eigenvalue weighted by Crippen LogP contribution is -2.44. The third-order valence-corrected chi connectivity index (χ3v) is 4.26. The highest BCUT2D eigenvalue weighted by atomic mass is 16.3. The van der Waals surface area contributed by atoms with Crippen molar-refractivity contribution >= 4 is 0 Å². The van der Waals surface area contributed by atoms with Crippen molar-refractivity contribution in [3.63, 3.8) is 0 Å². The van der Waals surface area contributed by atoms with E-state index in [1.54, 1.807) is 6.26 Å². The summed E-state index contributed by atoms with van der Waals surface area (Å²) >= 11 is 0. The Bertz CT molecular complexity index is 347. The molecular weight excluding hydrogens is 224 g/mol. The van der Waals surface area contributed by atoms with Crippen LogP contribution in [0.25, 0.3) is 0 Å². The molecule has 0 bridgehead atoms. The van der Waals surface area contributed by atoms with Gasteiger partial charge < -0.3 is 10.2 Å². The number of nitrogens with two attached hydrogens (primary N) is 1. The molecule has 1 heterocycles. The molecule has 0 saturated heterocycles. The topological polar surface area (TPSA) is 42.4 Å². The minimum Gasteiger partial charge on any atom is -0.468 e. The van der Waals surface area contributed by atoms with E-state index in [4.69, 9.17) is 10.2 Å². The molecule has 1 fully saturated rings. The summed E-state index contributed by atoms with van der Waals surface area (Å²) in [5.41, 5.74) is 6.17. The second kappa shape index (κ2) is 5.89. The van der Waals surface area contributed by atoms with E-state index in [0.717, 1.165) is 11.7 Å². The van der Waals surface area contributed by atoms with Gasteiger partial charge in [0.25, 0.3) is 0 Å². The predicted molar refractivity (Wildman–Crippen MR) is 74.3 cm³/mol. The molecule has 102 valence electrons. The van der Waals surface area contributed by atoms with Crippen molar-refractivity contribution < 1.29 is 4.42 Å². The highest BCUT2D eigenvalue weighted by molar-refractivity contribution is 5.08. The van der Waals surface area contributed by atoms with E-state index in [9.17, 15) is 0 Å². The summed E-state index contributed by atoms with van der Waals surface area (Å²) in [6, 6.07) is 4.89. The van der Waals surface area contributed by atoms with Crippen LogP contribution in [0.15, 0.2) is 22.8 Å². The lowest BCUT2D eigenvalue weighted by molar-refractivity contribution is 0.0938. The Morgan fingerprint density at radius 3 is 2.78 bits per heavy atom. The van der Waals surface area contributed by atoms with E-state index in [1.165, 1.54) is 25.7 Å². The number of rotatable bonds is 4. The Balaban J connectivity index is 2.10. The Kier molecular flexibility index (Phi) is 4.46. The molecule has 1 aliphatic carbocycles. The van der Waals surface area contributed by atoms with Crippen LogP contribution in [0.4, 0.5) is 0 Å². The molecular formula is C15H26N2O. The van der Waals surface area contributed by atoms with Gasteiger partial charge >= 0.3 is 0 Å². The van der Waals surface area contributed by atoms with Gasteiger partial charge in [0.15, 0.2) is 0 Å². The summed E-state index contributed by atoms with van der Waals surface area (Å²) in [7, 11) is 2.19. The molecule has 0 aliphatic heterocycles. The maximum atomic E-state index is 6.17. The summed E-state index contributed by atoms with van der Waals surface area (Å²) in [6.45, 7) is 4.42. The van der Waals surface area contributed by atoms with Crippen LogP contribution in [0.2, 0.25) is 0 Å². The minimum atomic E-state index is 0.0818. The van der Waals surface area contributed by atoms with E-state index in [0.29, 0.717) is 6.04 Å². The van der Waals surface area contributed by atoms with Crippen molar-refractivity contribution in [2.75, 3.05) is 7.05 Å². The molecule has 3 heteroatoms. The van der Waals surface area contributed by atoms with E-state index < -0.39 is 0 Å². The molecule has 1 aromatic rings. The zero-order chi connectivity index (χ0) is 13.1. The average molecular weight is 250 g/mol. The number of furan rings is 1. The first-order valence-electron chi connectivity index (χ1n) is 7.10. The van der Waals surface area contributed by atoms with Crippen LogP contribution in [0.3, 0.4) is 0 Å². The smallest absolute Gasteiger partial charge is 0.122 e. The van der Waals surface area contributed by atoms with Crippen molar-refractivity contribution in [2.24, 2.45) is 11.7 Å². The van der Waals surface area contributed by atoms with Gasteiger partial charge in [-0.1, -0.05) is 19.8 Å². The number of hydrogen-bond donors (Lipinski definition) is 1. The van der Waals surface area contributed by atoms with Crippen LogP contribution in [0.1, 0.15) is 51.3 Å². The Morgan fingerprint density at radius 2 is 2.22 bits per heavy atom. The highest BCUT2D eigenvalue weighted by Crippen LogP contribution is 2.32. The van der Waals surface area contributed by atoms with Gasteiger partial charge in [-0.15, -0.1) is 0 Å². The first-order chi connectivity index (χ1) is 8.59. The fourth-order valence-corrected chi connectivity index (χ4v) is 3.29. The third-order valence-electron chi connectivity index (χ3n) is 4.26. The SMILES string of the molecule is CC1CCCC(N(C)C(c2ccco2)C(C)N)C1. The molecule has 1 aliphatic rings. The van der Waals surface area contributed by atoms with Crippen LogP contribution in [0, 0.1) is 5.92 Å². The van der Waals surface area contributed by atoms with Crippen LogP contribution in [-0.4, -0.2) is 24.0 Å². The molecule has 3 nitrogen and oxygen atoms in total. The molecule has 2 rings (SSSR count). The van der Waals surface area contributed by atoms with Crippen LogP contribution in [0.5, 0.6) is 0 Å². The van der Waals surface area contributed by atoms with Gasteiger partial charge in [-0.25, -0.2) is 0 Å². The van der Waals surface area contributed by atoms with Gasteiger partial charge in [0.2, 0.25) is 0 Å². The highest BCUT2D eigenvalue weighted by Gasteiger charge is 2.31. The second-order valence-corrected chi connectivity index (χ2v) is 5.91. The summed E-state index contributed by atoms with van der Waals surface area (Å²) in [6.07, 6.45) is 7.00. The molecule has 1 saturated carbocycles. The zero-order valence-electron chi connectivity index (χ0n) is 11.8. The normalized spacial score (nSPS) is 28.3. The van der Waals surface area contributed by atoms with Gasteiger partial charge in [0.1, 0.15) is 5.76 Å². The number of hydrogen-bond acceptors (Lipinski definition) is 3. The quantitative estimate of drug-likeness (QED) is 0.892. The number of nitrogens with zero attached hydrogens (tertiary/aromatic N) is 1. The van der Waals surface area contributed by atoms with E-state index in [2.05, 4.69) is 25.8 Å². The van der Waals surface area contributed by atoms with Crippen molar-refractivity contribution in [3.8, 4) is 0 Å². The first-order valence-corrected chi connectivity index (χ1v) is 7.10. The molecule has 4 unspecified atom stereocenters. The maximum Gasteiger partial charge on any atom is 0.122 e. The van der Waals surface area contributed by atoms with Crippen molar-refractivity contribution in [3.05, 3.63) is 24.2 Å². The van der Waals surface area contributed by atoms with Gasteiger partial charge in [-0.3, -0.25) is 4.90 Å². The monoisotopic (exact) mass is 250 g/mol. The summed E-state index contributed by atoms with van der Waals surface area (Å²) in [4.78, 5) is 2.43. The van der Waals surface area contributed by atoms with Crippen molar-refractivity contribution in [2.45, 2.75) is 57.7 Å². The number of likely N-dealkylation sites (N-methyl/N-ethyl adjacent to an activating group) is 1. The lowest BCUT2D eigenvalue weighted by atomic mass is 9.85. The molecule has 0 spiro atoms. The molecule has 4 atom stereocenters. The van der Waals surface area contributed by atoms with Crippen molar-refractivity contribution in [1.82, 2.24) is 4.90 Å². The Morgan fingerprint density at radius 1 is 1.44 bits per heavy atom. The summed E-state index contributed by atoms with van der Waals surface area (Å²) in [5, 5.41) is 0. The molecule has 18 heavy (non-hydrogen) atoms. The minimum absolute atomic E-state index is 0.0818. The molecule has 0 amide bonds. The van der Waals surface area contributed by atoms with Crippen LogP contribution < -0.4 is 5.73 Å². The Hall–Kier alpha value is -0.800. The Labute approximate surface area is 110 Å².